The van der Waals surface area contributed by atoms with Crippen LogP contribution >= 0.6 is 0 Å². The van der Waals surface area contributed by atoms with E-state index in [-0.39, 0.29) is 6.54 Å². The third-order valence-corrected chi connectivity index (χ3v) is 3.12. The lowest BCUT2D eigenvalue weighted by molar-refractivity contribution is -0.137. The number of carboxylic acids is 1. The van der Waals surface area contributed by atoms with Crippen LogP contribution in [0, 0.1) is 20.8 Å². The number of aromatic nitrogens is 2. The highest BCUT2D eigenvalue weighted by Gasteiger charge is 2.11. The molecule has 112 valence electrons. The number of benzene rings is 1. The summed E-state index contributed by atoms with van der Waals surface area (Å²) in [6.45, 7) is 5.59. The van der Waals surface area contributed by atoms with Gasteiger partial charge in [-0.15, -0.1) is 0 Å². The van der Waals surface area contributed by atoms with E-state index in [1.54, 1.807) is 7.11 Å². The highest BCUT2D eigenvalue weighted by molar-refractivity contribution is 5.68. The zero-order valence-electron chi connectivity index (χ0n) is 12.6. The van der Waals surface area contributed by atoms with E-state index >= 15 is 0 Å². The molecule has 0 radical (unpaired) electrons. The molecule has 6 heteroatoms. The Balaban J connectivity index is 2.32. The standard InChI is InChI=1S/C15H19N3O3/c1-9-5-12(6-10(2)15(9)21-4)16-13-7-11(3)17-18(13)8-14(19)20/h5-7,16H,8H2,1-4H3,(H,19,20). The van der Waals surface area contributed by atoms with Gasteiger partial charge in [-0.25, -0.2) is 4.68 Å². The summed E-state index contributed by atoms with van der Waals surface area (Å²) in [6.07, 6.45) is 0. The predicted molar refractivity (Wildman–Crippen MR) is 80.4 cm³/mol. The monoisotopic (exact) mass is 289 g/mol. The molecule has 2 N–H and O–H groups in total. The molecule has 6 nitrogen and oxygen atoms in total. The van der Waals surface area contributed by atoms with Gasteiger partial charge in [-0.1, -0.05) is 0 Å². The van der Waals surface area contributed by atoms with Crippen LogP contribution in [0.4, 0.5) is 11.5 Å². The van der Waals surface area contributed by atoms with Gasteiger partial charge in [-0.05, 0) is 44.0 Å². The number of carboxylic acid groups (broad SMARTS) is 1. The maximum atomic E-state index is 10.9. The Labute approximate surface area is 123 Å². The molecule has 0 saturated heterocycles. The summed E-state index contributed by atoms with van der Waals surface area (Å²) in [4.78, 5) is 10.9. The van der Waals surface area contributed by atoms with Gasteiger partial charge in [-0.2, -0.15) is 5.10 Å². The fraction of sp³-hybridized carbons (Fsp3) is 0.333. The predicted octanol–water partition coefficient (Wildman–Crippen LogP) is 2.65. The van der Waals surface area contributed by atoms with E-state index in [1.807, 2.05) is 39.0 Å². The highest BCUT2D eigenvalue weighted by atomic mass is 16.5. The largest absolute Gasteiger partial charge is 0.496 e. The summed E-state index contributed by atoms with van der Waals surface area (Å²) in [5, 5.41) is 16.3. The van der Waals surface area contributed by atoms with E-state index in [1.165, 1.54) is 4.68 Å². The third kappa shape index (κ3) is 3.34. The van der Waals surface area contributed by atoms with Crippen molar-refractivity contribution in [3.63, 3.8) is 0 Å². The van der Waals surface area contributed by atoms with Crippen molar-refractivity contribution >= 4 is 17.5 Å². The van der Waals surface area contributed by atoms with Gasteiger partial charge in [-0.3, -0.25) is 4.79 Å². The minimum absolute atomic E-state index is 0.176. The Morgan fingerprint density at radius 2 is 1.90 bits per heavy atom. The molecular formula is C15H19N3O3. The second kappa shape index (κ2) is 5.87. The van der Waals surface area contributed by atoms with Gasteiger partial charge >= 0.3 is 5.97 Å². The maximum absolute atomic E-state index is 10.9. The molecule has 0 spiro atoms. The van der Waals surface area contributed by atoms with Crippen molar-refractivity contribution in [1.29, 1.82) is 0 Å². The molecule has 1 aromatic heterocycles. The number of aliphatic carboxylic acids is 1. The van der Waals surface area contributed by atoms with Crippen LogP contribution in [0.5, 0.6) is 5.75 Å². The number of aryl methyl sites for hydroxylation is 3. The first-order valence-corrected chi connectivity index (χ1v) is 6.59. The van der Waals surface area contributed by atoms with Crippen LogP contribution in [-0.4, -0.2) is 28.0 Å². The number of methoxy groups -OCH3 is 1. The zero-order valence-corrected chi connectivity index (χ0v) is 12.6. The number of nitrogens with one attached hydrogen (secondary N) is 1. The van der Waals surface area contributed by atoms with Crippen molar-refractivity contribution in [2.45, 2.75) is 27.3 Å². The van der Waals surface area contributed by atoms with Crippen LogP contribution in [0.25, 0.3) is 0 Å². The smallest absolute Gasteiger partial charge is 0.325 e. The Bertz CT molecular complexity index is 654. The number of hydrogen-bond acceptors (Lipinski definition) is 4. The van der Waals surface area contributed by atoms with E-state index in [9.17, 15) is 4.79 Å². The number of ether oxygens (including phenoxy) is 1. The van der Waals surface area contributed by atoms with Crippen LogP contribution in [0.15, 0.2) is 18.2 Å². The summed E-state index contributed by atoms with van der Waals surface area (Å²) in [6, 6.07) is 5.73. The van der Waals surface area contributed by atoms with E-state index in [0.717, 1.165) is 28.3 Å². The van der Waals surface area contributed by atoms with Crippen LogP contribution in [0.2, 0.25) is 0 Å². The maximum Gasteiger partial charge on any atom is 0.325 e. The molecule has 21 heavy (non-hydrogen) atoms. The molecule has 0 bridgehead atoms. The van der Waals surface area contributed by atoms with Crippen molar-refractivity contribution in [2.24, 2.45) is 0 Å². The molecule has 0 aliphatic heterocycles. The molecule has 1 heterocycles. The van der Waals surface area contributed by atoms with E-state index in [4.69, 9.17) is 9.84 Å². The second-order valence-corrected chi connectivity index (χ2v) is 4.99. The van der Waals surface area contributed by atoms with Gasteiger partial charge in [0.1, 0.15) is 18.1 Å². The first-order chi connectivity index (χ1) is 9.90. The first kappa shape index (κ1) is 14.9. The minimum atomic E-state index is -0.928. The van der Waals surface area contributed by atoms with Gasteiger partial charge in [0.2, 0.25) is 0 Å². The average Bonchev–Trinajstić information content (AvgIpc) is 2.68. The number of anilines is 2. The molecule has 0 atom stereocenters. The van der Waals surface area contributed by atoms with Gasteiger partial charge in [0.15, 0.2) is 0 Å². The highest BCUT2D eigenvalue weighted by Crippen LogP contribution is 2.28. The lowest BCUT2D eigenvalue weighted by Crippen LogP contribution is -2.12. The van der Waals surface area contributed by atoms with E-state index in [0.29, 0.717) is 5.82 Å². The Morgan fingerprint density at radius 1 is 1.29 bits per heavy atom. The van der Waals surface area contributed by atoms with Crippen molar-refractivity contribution < 1.29 is 14.6 Å². The number of nitrogens with zero attached hydrogens (tertiary/aromatic N) is 2. The van der Waals surface area contributed by atoms with Gasteiger partial charge in [0.05, 0.1) is 12.8 Å². The minimum Gasteiger partial charge on any atom is -0.496 e. The summed E-state index contributed by atoms with van der Waals surface area (Å²) in [7, 11) is 1.65. The van der Waals surface area contributed by atoms with Crippen LogP contribution < -0.4 is 10.1 Å². The van der Waals surface area contributed by atoms with Crippen molar-refractivity contribution in [3.05, 3.63) is 35.0 Å². The van der Waals surface area contributed by atoms with Crippen LogP contribution in [-0.2, 0) is 11.3 Å². The molecule has 0 aliphatic rings. The Kier molecular flexibility index (Phi) is 4.16. The number of rotatable bonds is 5. The van der Waals surface area contributed by atoms with E-state index < -0.39 is 5.97 Å². The molecule has 0 fully saturated rings. The summed E-state index contributed by atoms with van der Waals surface area (Å²) < 4.78 is 6.78. The molecule has 0 aliphatic carbocycles. The lowest BCUT2D eigenvalue weighted by Gasteiger charge is -2.13. The zero-order chi connectivity index (χ0) is 15.6. The van der Waals surface area contributed by atoms with Gasteiger partial charge in [0, 0.05) is 11.8 Å². The van der Waals surface area contributed by atoms with Crippen LogP contribution in [0.3, 0.4) is 0 Å². The molecule has 0 saturated carbocycles. The molecule has 2 aromatic rings. The molecule has 1 aromatic carbocycles. The quantitative estimate of drug-likeness (QED) is 0.885. The van der Waals surface area contributed by atoms with E-state index in [2.05, 4.69) is 10.4 Å². The summed E-state index contributed by atoms with van der Waals surface area (Å²) in [5.41, 5.74) is 3.67. The fourth-order valence-corrected chi connectivity index (χ4v) is 2.39. The second-order valence-electron chi connectivity index (χ2n) is 4.99. The topological polar surface area (TPSA) is 76.4 Å². The van der Waals surface area contributed by atoms with Crippen molar-refractivity contribution in [1.82, 2.24) is 9.78 Å². The lowest BCUT2D eigenvalue weighted by atomic mass is 10.1. The Hall–Kier alpha value is -2.50. The molecule has 2 rings (SSSR count). The molecular weight excluding hydrogens is 270 g/mol. The van der Waals surface area contributed by atoms with Gasteiger partial charge in [0.25, 0.3) is 0 Å². The third-order valence-electron chi connectivity index (χ3n) is 3.12. The van der Waals surface area contributed by atoms with Crippen molar-refractivity contribution in [2.75, 3.05) is 12.4 Å². The molecule has 0 amide bonds. The fourth-order valence-electron chi connectivity index (χ4n) is 2.39. The molecule has 0 unspecified atom stereocenters. The Morgan fingerprint density at radius 3 is 2.43 bits per heavy atom. The SMILES string of the molecule is COc1c(C)cc(Nc2cc(C)nn2CC(=O)O)cc1C. The number of hydrogen-bond donors (Lipinski definition) is 2. The summed E-state index contributed by atoms with van der Waals surface area (Å²) >= 11 is 0. The first-order valence-electron chi connectivity index (χ1n) is 6.59. The normalized spacial score (nSPS) is 10.5. The van der Waals surface area contributed by atoms with Crippen LogP contribution in [0.1, 0.15) is 16.8 Å². The number of carbonyl (C=O) groups is 1. The summed E-state index contributed by atoms with van der Waals surface area (Å²) in [5.74, 6) is 0.581. The van der Waals surface area contributed by atoms with Crippen molar-refractivity contribution in [3.8, 4) is 5.75 Å². The average molecular weight is 289 g/mol. The van der Waals surface area contributed by atoms with Gasteiger partial charge < -0.3 is 15.2 Å².